The highest BCUT2D eigenvalue weighted by molar-refractivity contribution is 7.92. The summed E-state index contributed by atoms with van der Waals surface area (Å²) in [5, 5.41) is 0. The average Bonchev–Trinajstić information content (AvgIpc) is 2.80. The van der Waals surface area contributed by atoms with E-state index in [9.17, 15) is 4.39 Å². The molecule has 0 saturated heterocycles. The molecule has 32 heavy (non-hydrogen) atoms. The zero-order valence-corrected chi connectivity index (χ0v) is 20.3. The Hall–Kier alpha value is -2.14. The smallest absolute Gasteiger partial charge is 0.131 e. The second-order valence-electron chi connectivity index (χ2n) is 8.24. The van der Waals surface area contributed by atoms with Gasteiger partial charge in [0.15, 0.2) is 0 Å². The molecule has 0 bridgehead atoms. The van der Waals surface area contributed by atoms with Crippen LogP contribution in [0.15, 0.2) is 66.7 Å². The van der Waals surface area contributed by atoms with Crippen LogP contribution in [0.3, 0.4) is 0 Å². The number of rotatable bonds is 12. The summed E-state index contributed by atoms with van der Waals surface area (Å²) in [6.45, 7) is 3.12. The molecule has 2 nitrogen and oxygen atoms in total. The van der Waals surface area contributed by atoms with E-state index in [2.05, 4.69) is 43.3 Å². The van der Waals surface area contributed by atoms with E-state index in [0.29, 0.717) is 5.56 Å². The predicted molar refractivity (Wildman–Crippen MR) is 136 cm³/mol. The number of hydrogen-bond donors (Lipinski definition) is 0. The molecule has 0 aromatic heterocycles. The van der Waals surface area contributed by atoms with E-state index >= 15 is 0 Å². The largest absolute Gasteiger partial charge is 0.304 e. The number of nitrogens with zero attached hydrogens (tertiary/aromatic N) is 1. The molecule has 0 unspecified atom stereocenters. The first-order valence-corrected chi connectivity index (χ1v) is 12.2. The first-order chi connectivity index (χ1) is 15.6. The van der Waals surface area contributed by atoms with Crippen molar-refractivity contribution < 1.29 is 8.57 Å². The quantitative estimate of drug-likeness (QED) is 0.157. The average molecular weight is 452 g/mol. The van der Waals surface area contributed by atoms with Gasteiger partial charge in [0.2, 0.25) is 0 Å². The zero-order valence-electron chi connectivity index (χ0n) is 19.4. The normalized spacial score (nSPS) is 11.3. The van der Waals surface area contributed by atoms with Crippen LogP contribution in [-0.4, -0.2) is 25.0 Å². The maximum Gasteiger partial charge on any atom is 0.131 e. The van der Waals surface area contributed by atoms with Gasteiger partial charge in [-0.1, -0.05) is 80.4 Å². The number of hydrogen-bond acceptors (Lipinski definition) is 3. The van der Waals surface area contributed by atoms with Crippen LogP contribution < -0.4 is 0 Å². The molecule has 0 fully saturated rings. The van der Waals surface area contributed by atoms with Crippen LogP contribution in [0.1, 0.15) is 43.7 Å². The Kier molecular flexibility index (Phi) is 9.79. The number of benzene rings is 3. The summed E-state index contributed by atoms with van der Waals surface area (Å²) in [7, 11) is 3.65. The third-order valence-corrected chi connectivity index (χ3v) is 6.31. The lowest BCUT2D eigenvalue weighted by Crippen LogP contribution is -2.11. The van der Waals surface area contributed by atoms with Crippen molar-refractivity contribution in [1.29, 1.82) is 0 Å². The molecule has 0 saturated carbocycles. The molecule has 170 valence electrons. The van der Waals surface area contributed by atoms with Crippen molar-refractivity contribution in [1.82, 2.24) is 4.31 Å². The minimum absolute atomic E-state index is 0.161. The lowest BCUT2D eigenvalue weighted by atomic mass is 9.97. The lowest BCUT2D eigenvalue weighted by Gasteiger charge is -2.13. The molecule has 0 radical (unpaired) electrons. The van der Waals surface area contributed by atoms with Gasteiger partial charge in [-0.2, -0.15) is 0 Å². The first kappa shape index (κ1) is 24.5. The van der Waals surface area contributed by atoms with Gasteiger partial charge < -0.3 is 4.18 Å². The first-order valence-electron chi connectivity index (χ1n) is 11.5. The summed E-state index contributed by atoms with van der Waals surface area (Å²) in [5.41, 5.74) is 6.33. The van der Waals surface area contributed by atoms with Crippen molar-refractivity contribution in [2.45, 2.75) is 45.4 Å². The summed E-state index contributed by atoms with van der Waals surface area (Å²) in [6, 6.07) is 22.6. The third-order valence-electron chi connectivity index (χ3n) is 5.73. The topological polar surface area (TPSA) is 12.5 Å². The molecule has 0 amide bonds. The number of halogens is 1. The van der Waals surface area contributed by atoms with Crippen molar-refractivity contribution >= 4 is 12.2 Å². The third kappa shape index (κ3) is 7.19. The maximum atomic E-state index is 14.8. The van der Waals surface area contributed by atoms with E-state index in [0.717, 1.165) is 42.5 Å². The number of unbranched alkanes of at least 4 members (excludes halogenated alkanes) is 2. The minimum Gasteiger partial charge on any atom is -0.304 e. The van der Waals surface area contributed by atoms with Gasteiger partial charge in [0.1, 0.15) is 5.82 Å². The Balaban J connectivity index is 1.61. The van der Waals surface area contributed by atoms with Gasteiger partial charge in [0, 0.05) is 12.1 Å². The summed E-state index contributed by atoms with van der Waals surface area (Å²) in [6.07, 6.45) is 6.73. The fraction of sp³-hybridized carbons (Fsp3) is 0.357. The van der Waals surface area contributed by atoms with E-state index in [-0.39, 0.29) is 5.82 Å². The van der Waals surface area contributed by atoms with E-state index in [1.807, 2.05) is 35.6 Å². The fourth-order valence-electron chi connectivity index (χ4n) is 3.90. The summed E-state index contributed by atoms with van der Waals surface area (Å²) < 4.78 is 21.9. The van der Waals surface area contributed by atoms with Gasteiger partial charge in [-0.05, 0) is 66.6 Å². The molecular weight excluding hydrogens is 417 g/mol. The van der Waals surface area contributed by atoms with E-state index < -0.39 is 0 Å². The van der Waals surface area contributed by atoms with E-state index in [1.165, 1.54) is 42.6 Å². The molecular formula is C28H34FNOS. The molecule has 0 aliphatic carbocycles. The van der Waals surface area contributed by atoms with E-state index in [4.69, 9.17) is 4.18 Å². The van der Waals surface area contributed by atoms with Crippen molar-refractivity contribution in [3.63, 3.8) is 0 Å². The summed E-state index contributed by atoms with van der Waals surface area (Å²) >= 11 is 1.33. The molecule has 0 N–H and O–H groups in total. The Labute approximate surface area is 197 Å². The Bertz CT molecular complexity index is 956. The summed E-state index contributed by atoms with van der Waals surface area (Å²) in [4.78, 5) is 0. The van der Waals surface area contributed by atoms with Crippen molar-refractivity contribution in [3.05, 3.63) is 83.7 Å². The molecule has 4 heteroatoms. The second kappa shape index (κ2) is 12.8. The highest BCUT2D eigenvalue weighted by Gasteiger charge is 2.08. The standard InChI is InChI=1S/C28H34FNOS/c1-4-5-6-8-22-10-13-24(14-11-22)25-15-17-26(18-16-25)27-19-12-23(21-28(27)29)9-7-20-30(2)32-31-3/h10-19,21H,4-9,20H2,1-3H3. The van der Waals surface area contributed by atoms with Crippen molar-refractivity contribution in [2.75, 3.05) is 20.7 Å². The molecule has 3 aromatic rings. The Morgan fingerprint density at radius 1 is 0.781 bits per heavy atom. The van der Waals surface area contributed by atoms with Crippen LogP contribution in [0.2, 0.25) is 0 Å². The fourth-order valence-corrected chi connectivity index (χ4v) is 4.36. The molecule has 0 aliphatic heterocycles. The summed E-state index contributed by atoms with van der Waals surface area (Å²) in [5.74, 6) is -0.161. The second-order valence-corrected chi connectivity index (χ2v) is 9.35. The van der Waals surface area contributed by atoms with Gasteiger partial charge in [0.05, 0.1) is 19.3 Å². The van der Waals surface area contributed by atoms with Crippen LogP contribution in [0.25, 0.3) is 22.3 Å². The molecule has 3 aromatic carbocycles. The molecule has 0 heterocycles. The van der Waals surface area contributed by atoms with Gasteiger partial charge in [0.25, 0.3) is 0 Å². The van der Waals surface area contributed by atoms with Gasteiger partial charge in [-0.3, -0.25) is 0 Å². The van der Waals surface area contributed by atoms with Crippen LogP contribution in [0.4, 0.5) is 4.39 Å². The van der Waals surface area contributed by atoms with Crippen LogP contribution >= 0.6 is 12.2 Å². The van der Waals surface area contributed by atoms with Gasteiger partial charge in [-0.25, -0.2) is 8.70 Å². The van der Waals surface area contributed by atoms with Crippen LogP contribution in [0.5, 0.6) is 0 Å². The van der Waals surface area contributed by atoms with Crippen LogP contribution in [0, 0.1) is 5.82 Å². The Morgan fingerprint density at radius 3 is 2.00 bits per heavy atom. The maximum absolute atomic E-state index is 14.8. The van der Waals surface area contributed by atoms with Crippen molar-refractivity contribution in [3.8, 4) is 22.3 Å². The monoisotopic (exact) mass is 451 g/mol. The molecule has 0 spiro atoms. The van der Waals surface area contributed by atoms with Crippen molar-refractivity contribution in [2.24, 2.45) is 0 Å². The molecule has 0 aliphatic rings. The zero-order chi connectivity index (χ0) is 22.8. The van der Waals surface area contributed by atoms with E-state index in [1.54, 1.807) is 13.2 Å². The van der Waals surface area contributed by atoms with Gasteiger partial charge >= 0.3 is 0 Å². The highest BCUT2D eigenvalue weighted by atomic mass is 32.2. The number of aryl methyl sites for hydroxylation is 2. The van der Waals surface area contributed by atoms with Crippen LogP contribution in [-0.2, 0) is 17.0 Å². The SMILES string of the molecule is CCCCCc1ccc(-c2ccc(-c3ccc(CCCN(C)SOC)cc3F)cc2)cc1. The lowest BCUT2D eigenvalue weighted by molar-refractivity contribution is 0.431. The highest BCUT2D eigenvalue weighted by Crippen LogP contribution is 2.28. The molecule has 3 rings (SSSR count). The predicted octanol–water partition coefficient (Wildman–Crippen LogP) is 7.97. The molecule has 0 atom stereocenters. The minimum atomic E-state index is -0.161. The van der Waals surface area contributed by atoms with Gasteiger partial charge in [-0.15, -0.1) is 0 Å². The Morgan fingerprint density at radius 2 is 1.38 bits per heavy atom.